The van der Waals surface area contributed by atoms with Gasteiger partial charge < -0.3 is 10.6 Å². The number of thiocarbonyl (C=S) groups is 1. The first-order chi connectivity index (χ1) is 10.0. The zero-order valence-electron chi connectivity index (χ0n) is 13.0. The third kappa shape index (κ3) is 3.82. The van der Waals surface area contributed by atoms with Crippen LogP contribution in [0.15, 0.2) is 24.3 Å². The van der Waals surface area contributed by atoms with Gasteiger partial charge >= 0.3 is 0 Å². The Morgan fingerprint density at radius 2 is 2.05 bits per heavy atom. The summed E-state index contributed by atoms with van der Waals surface area (Å²) >= 11 is 5.35. The molecule has 21 heavy (non-hydrogen) atoms. The summed E-state index contributed by atoms with van der Waals surface area (Å²) < 4.78 is 2.02. The van der Waals surface area contributed by atoms with Gasteiger partial charge in [0.2, 0.25) is 0 Å². The number of hydrogen-bond acceptors (Lipinski definition) is 2. The van der Waals surface area contributed by atoms with E-state index in [-0.39, 0.29) is 0 Å². The molecule has 0 fully saturated rings. The van der Waals surface area contributed by atoms with Crippen molar-refractivity contribution in [1.29, 1.82) is 0 Å². The Bertz CT molecular complexity index is 646. The molecule has 0 saturated heterocycles. The van der Waals surface area contributed by atoms with Crippen molar-refractivity contribution in [3.05, 3.63) is 46.8 Å². The molecule has 112 valence electrons. The molecule has 2 aromatic rings. The summed E-state index contributed by atoms with van der Waals surface area (Å²) in [5.74, 6) is 0. The number of nitrogens with one attached hydrogen (secondary N) is 2. The summed E-state index contributed by atoms with van der Waals surface area (Å²) in [7, 11) is 0. The Labute approximate surface area is 131 Å². The minimum Gasteiger partial charge on any atom is -0.358 e. The van der Waals surface area contributed by atoms with Crippen LogP contribution in [0, 0.1) is 20.8 Å². The molecule has 0 unspecified atom stereocenters. The van der Waals surface area contributed by atoms with Crippen LogP contribution >= 0.6 is 12.2 Å². The molecule has 0 saturated carbocycles. The van der Waals surface area contributed by atoms with Crippen molar-refractivity contribution in [2.45, 2.75) is 40.8 Å². The normalized spacial score (nSPS) is 10.5. The van der Waals surface area contributed by atoms with Gasteiger partial charge in [-0.2, -0.15) is 5.10 Å². The van der Waals surface area contributed by atoms with E-state index in [9.17, 15) is 0 Å². The van der Waals surface area contributed by atoms with Crippen LogP contribution in [-0.4, -0.2) is 14.9 Å². The monoisotopic (exact) mass is 302 g/mol. The summed E-state index contributed by atoms with van der Waals surface area (Å²) in [5.41, 5.74) is 5.68. The zero-order chi connectivity index (χ0) is 15.4. The number of aromatic nitrogens is 2. The number of hydrogen-bond donors (Lipinski definition) is 2. The van der Waals surface area contributed by atoms with Crippen molar-refractivity contribution < 1.29 is 0 Å². The molecule has 1 aromatic heterocycles. The lowest BCUT2D eigenvalue weighted by atomic mass is 10.2. The van der Waals surface area contributed by atoms with Crippen molar-refractivity contribution in [1.82, 2.24) is 15.1 Å². The average Bonchev–Trinajstić information content (AvgIpc) is 2.71. The summed E-state index contributed by atoms with van der Waals surface area (Å²) in [5, 5.41) is 11.6. The zero-order valence-corrected chi connectivity index (χ0v) is 13.8. The van der Waals surface area contributed by atoms with Gasteiger partial charge in [-0.3, -0.25) is 4.68 Å². The van der Waals surface area contributed by atoms with E-state index in [1.165, 1.54) is 16.8 Å². The summed E-state index contributed by atoms with van der Waals surface area (Å²) in [6.07, 6.45) is 0. The minimum atomic E-state index is 0.628. The van der Waals surface area contributed by atoms with Crippen LogP contribution in [0.3, 0.4) is 0 Å². The van der Waals surface area contributed by atoms with Gasteiger partial charge in [0, 0.05) is 30.0 Å². The SMILES string of the molecule is CCn1nc(C)c(CNC(=S)Nc2cccc(C)c2)c1C. The Kier molecular flexibility index (Phi) is 4.96. The number of benzene rings is 1. The first-order valence-electron chi connectivity index (χ1n) is 7.15. The van der Waals surface area contributed by atoms with Gasteiger partial charge in [0.25, 0.3) is 0 Å². The van der Waals surface area contributed by atoms with E-state index in [0.717, 1.165) is 17.9 Å². The molecular weight excluding hydrogens is 280 g/mol. The molecule has 2 rings (SSSR count). The number of aryl methyl sites for hydroxylation is 3. The maximum Gasteiger partial charge on any atom is 0.171 e. The first-order valence-corrected chi connectivity index (χ1v) is 7.56. The molecule has 0 atom stereocenters. The van der Waals surface area contributed by atoms with Crippen LogP contribution in [0.2, 0.25) is 0 Å². The fraction of sp³-hybridized carbons (Fsp3) is 0.375. The smallest absolute Gasteiger partial charge is 0.171 e. The van der Waals surface area contributed by atoms with Crippen LogP contribution in [0.4, 0.5) is 5.69 Å². The largest absolute Gasteiger partial charge is 0.358 e. The van der Waals surface area contributed by atoms with Gasteiger partial charge in [-0.1, -0.05) is 12.1 Å². The van der Waals surface area contributed by atoms with Gasteiger partial charge in [-0.15, -0.1) is 0 Å². The topological polar surface area (TPSA) is 41.9 Å². The van der Waals surface area contributed by atoms with E-state index in [2.05, 4.69) is 48.6 Å². The van der Waals surface area contributed by atoms with Gasteiger partial charge in [0.1, 0.15) is 0 Å². The number of nitrogens with zero attached hydrogens (tertiary/aromatic N) is 2. The van der Waals surface area contributed by atoms with Crippen molar-refractivity contribution in [2.24, 2.45) is 0 Å². The fourth-order valence-corrected chi connectivity index (χ4v) is 2.55. The number of anilines is 1. The van der Waals surface area contributed by atoms with E-state index < -0.39 is 0 Å². The molecule has 0 radical (unpaired) electrons. The Morgan fingerprint density at radius 3 is 2.67 bits per heavy atom. The lowest BCUT2D eigenvalue weighted by molar-refractivity contribution is 0.633. The highest BCUT2D eigenvalue weighted by atomic mass is 32.1. The standard InChI is InChI=1S/C16H22N4S/c1-5-20-13(4)15(12(3)19-20)10-17-16(21)18-14-8-6-7-11(2)9-14/h6-9H,5,10H2,1-4H3,(H2,17,18,21). The molecule has 0 aliphatic carbocycles. The molecule has 0 aliphatic heterocycles. The highest BCUT2D eigenvalue weighted by molar-refractivity contribution is 7.80. The van der Waals surface area contributed by atoms with E-state index in [1.807, 2.05) is 23.7 Å². The average molecular weight is 302 g/mol. The third-order valence-corrected chi connectivity index (χ3v) is 3.78. The predicted octanol–water partition coefficient (Wildman–Crippen LogP) is 3.31. The quantitative estimate of drug-likeness (QED) is 0.850. The van der Waals surface area contributed by atoms with E-state index >= 15 is 0 Å². The van der Waals surface area contributed by atoms with Crippen LogP contribution < -0.4 is 10.6 Å². The maximum atomic E-state index is 5.35. The van der Waals surface area contributed by atoms with E-state index in [0.29, 0.717) is 11.7 Å². The van der Waals surface area contributed by atoms with Crippen LogP contribution in [0.1, 0.15) is 29.4 Å². The van der Waals surface area contributed by atoms with Crippen LogP contribution in [0.25, 0.3) is 0 Å². The van der Waals surface area contributed by atoms with Crippen LogP contribution in [-0.2, 0) is 13.1 Å². The van der Waals surface area contributed by atoms with Crippen molar-refractivity contribution in [2.75, 3.05) is 5.32 Å². The number of rotatable bonds is 4. The van der Waals surface area contributed by atoms with Crippen molar-refractivity contribution in [3.8, 4) is 0 Å². The second kappa shape index (κ2) is 6.72. The molecule has 1 heterocycles. The molecular formula is C16H22N4S. The third-order valence-electron chi connectivity index (χ3n) is 3.53. The van der Waals surface area contributed by atoms with Gasteiger partial charge in [0.15, 0.2) is 5.11 Å². The highest BCUT2D eigenvalue weighted by Crippen LogP contribution is 2.13. The Morgan fingerprint density at radius 1 is 1.29 bits per heavy atom. The summed E-state index contributed by atoms with van der Waals surface area (Å²) in [6, 6.07) is 8.15. The van der Waals surface area contributed by atoms with E-state index in [4.69, 9.17) is 12.2 Å². The second-order valence-corrected chi connectivity index (χ2v) is 5.55. The lowest BCUT2D eigenvalue weighted by Crippen LogP contribution is -2.28. The second-order valence-electron chi connectivity index (χ2n) is 5.14. The Balaban J connectivity index is 1.97. The molecule has 0 amide bonds. The van der Waals surface area contributed by atoms with Crippen molar-refractivity contribution >= 4 is 23.0 Å². The lowest BCUT2D eigenvalue weighted by Gasteiger charge is -2.11. The summed E-state index contributed by atoms with van der Waals surface area (Å²) in [4.78, 5) is 0. The van der Waals surface area contributed by atoms with Gasteiger partial charge in [-0.05, 0) is 57.6 Å². The minimum absolute atomic E-state index is 0.628. The highest BCUT2D eigenvalue weighted by Gasteiger charge is 2.10. The summed E-state index contributed by atoms with van der Waals surface area (Å²) in [6.45, 7) is 9.87. The fourth-order valence-electron chi connectivity index (χ4n) is 2.36. The molecule has 0 aliphatic rings. The van der Waals surface area contributed by atoms with Gasteiger partial charge in [-0.25, -0.2) is 0 Å². The molecule has 2 N–H and O–H groups in total. The molecule has 4 nitrogen and oxygen atoms in total. The van der Waals surface area contributed by atoms with Crippen LogP contribution in [0.5, 0.6) is 0 Å². The van der Waals surface area contributed by atoms with E-state index in [1.54, 1.807) is 0 Å². The molecule has 0 bridgehead atoms. The molecule has 0 spiro atoms. The van der Waals surface area contributed by atoms with Crippen molar-refractivity contribution in [3.63, 3.8) is 0 Å². The first kappa shape index (κ1) is 15.5. The van der Waals surface area contributed by atoms with Gasteiger partial charge in [0.05, 0.1) is 5.69 Å². The molecule has 5 heteroatoms. The predicted molar refractivity (Wildman–Crippen MR) is 91.6 cm³/mol. The molecule has 1 aromatic carbocycles. The maximum absolute atomic E-state index is 5.35. The Hall–Kier alpha value is -1.88.